The molecule has 0 spiro atoms. The van der Waals surface area contributed by atoms with Crippen molar-refractivity contribution in [3.63, 3.8) is 0 Å². The summed E-state index contributed by atoms with van der Waals surface area (Å²) in [4.78, 5) is 37.2. The first-order chi connectivity index (χ1) is 10.5. The van der Waals surface area contributed by atoms with Gasteiger partial charge in [0.15, 0.2) is 0 Å². The summed E-state index contributed by atoms with van der Waals surface area (Å²) in [6.07, 6.45) is 1.80. The molecule has 1 fully saturated rings. The molecule has 6 heteroatoms. The zero-order chi connectivity index (χ0) is 16.3. The second kappa shape index (κ2) is 6.43. The van der Waals surface area contributed by atoms with Gasteiger partial charge in [-0.25, -0.2) is 0 Å². The Morgan fingerprint density at radius 1 is 1.45 bits per heavy atom. The number of piperidine rings is 1. The molecular weight excluding hydrogens is 284 g/mol. The molecule has 0 aliphatic carbocycles. The minimum absolute atomic E-state index is 0.200. The number of methoxy groups -OCH3 is 1. The van der Waals surface area contributed by atoms with Crippen LogP contribution in [0.1, 0.15) is 28.8 Å². The summed E-state index contributed by atoms with van der Waals surface area (Å²) < 4.78 is 5.21. The average molecular weight is 302 g/mol. The van der Waals surface area contributed by atoms with Crippen molar-refractivity contribution in [1.29, 1.82) is 0 Å². The number of nitrogens with one attached hydrogen (secondary N) is 1. The van der Waals surface area contributed by atoms with E-state index in [1.54, 1.807) is 25.1 Å². The highest BCUT2D eigenvalue weighted by molar-refractivity contribution is 6.04. The molecule has 1 aliphatic rings. The molecule has 1 saturated heterocycles. The van der Waals surface area contributed by atoms with Gasteiger partial charge in [0.2, 0.25) is 11.8 Å². The maximum atomic E-state index is 12.7. The first-order valence-corrected chi connectivity index (χ1v) is 6.92. The molecule has 0 saturated carbocycles. The van der Waals surface area contributed by atoms with Crippen LogP contribution in [0.5, 0.6) is 5.75 Å². The lowest BCUT2D eigenvalue weighted by atomic mass is 10.0. The standard InChI is InChI=1S/C16H18N2O4/c1-4-18(12-8-9-14(19)17-15(12)20)16(21)11-6-5-7-13(22-3)10(11)2/h4-7,12H,1,8-9H2,2-3H3,(H,17,19,20). The van der Waals surface area contributed by atoms with Crippen LogP contribution in [-0.2, 0) is 9.59 Å². The molecule has 0 aromatic heterocycles. The summed E-state index contributed by atoms with van der Waals surface area (Å²) in [6, 6.07) is 4.41. The fraction of sp³-hybridized carbons (Fsp3) is 0.312. The van der Waals surface area contributed by atoms with Crippen molar-refractivity contribution in [2.45, 2.75) is 25.8 Å². The molecule has 1 aliphatic heterocycles. The van der Waals surface area contributed by atoms with Crippen LogP contribution >= 0.6 is 0 Å². The lowest BCUT2D eigenvalue weighted by Gasteiger charge is -2.30. The molecule has 2 rings (SSSR count). The number of ether oxygens (including phenoxy) is 1. The van der Waals surface area contributed by atoms with Gasteiger partial charge in [0.1, 0.15) is 11.8 Å². The molecule has 0 bridgehead atoms. The van der Waals surface area contributed by atoms with Crippen molar-refractivity contribution in [2.24, 2.45) is 0 Å². The molecule has 22 heavy (non-hydrogen) atoms. The summed E-state index contributed by atoms with van der Waals surface area (Å²) in [6.45, 7) is 5.39. The van der Waals surface area contributed by atoms with Crippen LogP contribution in [0.3, 0.4) is 0 Å². The summed E-state index contributed by atoms with van der Waals surface area (Å²) in [5.41, 5.74) is 1.12. The van der Waals surface area contributed by atoms with E-state index in [0.717, 1.165) is 0 Å². The van der Waals surface area contributed by atoms with Crippen LogP contribution in [0, 0.1) is 6.92 Å². The van der Waals surface area contributed by atoms with E-state index in [-0.39, 0.29) is 24.7 Å². The van der Waals surface area contributed by atoms with Gasteiger partial charge in [0, 0.05) is 23.7 Å². The number of benzene rings is 1. The number of carbonyl (C=O) groups excluding carboxylic acids is 3. The Hall–Kier alpha value is -2.63. The molecule has 1 aromatic rings. The van der Waals surface area contributed by atoms with Crippen LogP contribution < -0.4 is 10.1 Å². The van der Waals surface area contributed by atoms with Gasteiger partial charge >= 0.3 is 0 Å². The van der Waals surface area contributed by atoms with Crippen LogP contribution in [0.4, 0.5) is 0 Å². The highest BCUT2D eigenvalue weighted by Gasteiger charge is 2.34. The van der Waals surface area contributed by atoms with Gasteiger partial charge in [-0.1, -0.05) is 12.6 Å². The molecule has 1 atom stereocenters. The molecule has 1 aromatic carbocycles. The Balaban J connectivity index is 2.32. The fourth-order valence-electron chi connectivity index (χ4n) is 2.51. The van der Waals surface area contributed by atoms with Crippen molar-refractivity contribution in [3.8, 4) is 5.75 Å². The SMILES string of the molecule is C=CN(C(=O)c1cccc(OC)c1C)C1CCC(=O)NC1=O. The van der Waals surface area contributed by atoms with Crippen molar-refractivity contribution in [2.75, 3.05) is 7.11 Å². The third-order valence-electron chi connectivity index (χ3n) is 3.71. The smallest absolute Gasteiger partial charge is 0.258 e. The largest absolute Gasteiger partial charge is 0.496 e. The topological polar surface area (TPSA) is 75.7 Å². The number of hydrogen-bond acceptors (Lipinski definition) is 4. The van der Waals surface area contributed by atoms with Gasteiger partial charge in [0.25, 0.3) is 5.91 Å². The van der Waals surface area contributed by atoms with E-state index >= 15 is 0 Å². The van der Waals surface area contributed by atoms with Crippen molar-refractivity contribution < 1.29 is 19.1 Å². The highest BCUT2D eigenvalue weighted by atomic mass is 16.5. The molecule has 0 radical (unpaired) electrons. The van der Waals surface area contributed by atoms with Gasteiger partial charge in [-0.05, 0) is 25.5 Å². The molecular formula is C16H18N2O4. The summed E-state index contributed by atoms with van der Waals surface area (Å²) in [5.74, 6) is -0.556. The number of amides is 3. The van der Waals surface area contributed by atoms with E-state index in [4.69, 9.17) is 4.74 Å². The fourth-order valence-corrected chi connectivity index (χ4v) is 2.51. The third kappa shape index (κ3) is 2.86. The van der Waals surface area contributed by atoms with E-state index < -0.39 is 11.9 Å². The summed E-state index contributed by atoms with van der Waals surface area (Å²) in [5, 5.41) is 2.24. The minimum Gasteiger partial charge on any atom is -0.496 e. The Labute approximate surface area is 128 Å². The van der Waals surface area contributed by atoms with Crippen LogP contribution in [0.2, 0.25) is 0 Å². The van der Waals surface area contributed by atoms with E-state index in [2.05, 4.69) is 11.9 Å². The minimum atomic E-state index is -0.728. The number of carbonyl (C=O) groups is 3. The number of hydrogen-bond donors (Lipinski definition) is 1. The predicted octanol–water partition coefficient (Wildman–Crippen LogP) is 1.39. The Morgan fingerprint density at radius 2 is 2.18 bits per heavy atom. The summed E-state index contributed by atoms with van der Waals surface area (Å²) in [7, 11) is 1.53. The molecule has 116 valence electrons. The third-order valence-corrected chi connectivity index (χ3v) is 3.71. The predicted molar refractivity (Wildman–Crippen MR) is 80.3 cm³/mol. The number of rotatable bonds is 4. The van der Waals surface area contributed by atoms with Crippen LogP contribution in [0.15, 0.2) is 31.0 Å². The van der Waals surface area contributed by atoms with Crippen LogP contribution in [-0.4, -0.2) is 35.8 Å². The first-order valence-electron chi connectivity index (χ1n) is 6.92. The molecule has 6 nitrogen and oxygen atoms in total. The van der Waals surface area contributed by atoms with E-state index in [9.17, 15) is 14.4 Å². The van der Waals surface area contributed by atoms with E-state index in [1.807, 2.05) is 0 Å². The lowest BCUT2D eigenvalue weighted by Crippen LogP contribution is -2.52. The zero-order valence-electron chi connectivity index (χ0n) is 12.6. The van der Waals surface area contributed by atoms with Crippen molar-refractivity contribution >= 4 is 17.7 Å². The van der Waals surface area contributed by atoms with E-state index in [1.165, 1.54) is 18.2 Å². The average Bonchev–Trinajstić information content (AvgIpc) is 2.50. The molecule has 3 amide bonds. The van der Waals surface area contributed by atoms with Gasteiger partial charge in [-0.3, -0.25) is 19.7 Å². The monoisotopic (exact) mass is 302 g/mol. The number of imide groups is 1. The second-order valence-corrected chi connectivity index (χ2v) is 4.99. The van der Waals surface area contributed by atoms with Crippen molar-refractivity contribution in [1.82, 2.24) is 10.2 Å². The highest BCUT2D eigenvalue weighted by Crippen LogP contribution is 2.24. The Kier molecular flexibility index (Phi) is 4.60. The normalized spacial score (nSPS) is 17.6. The van der Waals surface area contributed by atoms with Gasteiger partial charge in [0.05, 0.1) is 7.11 Å². The molecule has 1 heterocycles. The Bertz CT molecular complexity index is 639. The van der Waals surface area contributed by atoms with Gasteiger partial charge in [-0.15, -0.1) is 0 Å². The second-order valence-electron chi connectivity index (χ2n) is 4.99. The quantitative estimate of drug-likeness (QED) is 0.853. The van der Waals surface area contributed by atoms with Gasteiger partial charge < -0.3 is 9.64 Å². The van der Waals surface area contributed by atoms with Crippen molar-refractivity contribution in [3.05, 3.63) is 42.1 Å². The molecule has 1 unspecified atom stereocenters. The lowest BCUT2D eigenvalue weighted by molar-refractivity contribution is -0.136. The molecule has 1 N–H and O–H groups in total. The first kappa shape index (κ1) is 15.8. The van der Waals surface area contributed by atoms with Gasteiger partial charge in [-0.2, -0.15) is 0 Å². The van der Waals surface area contributed by atoms with Crippen LogP contribution in [0.25, 0.3) is 0 Å². The maximum absolute atomic E-state index is 12.7. The maximum Gasteiger partial charge on any atom is 0.258 e. The zero-order valence-corrected chi connectivity index (χ0v) is 12.6. The number of nitrogens with zero attached hydrogens (tertiary/aromatic N) is 1. The Morgan fingerprint density at radius 3 is 2.77 bits per heavy atom. The summed E-state index contributed by atoms with van der Waals surface area (Å²) >= 11 is 0. The van der Waals surface area contributed by atoms with E-state index in [0.29, 0.717) is 16.9 Å².